The van der Waals surface area contributed by atoms with Crippen LogP contribution in [-0.2, 0) is 11.2 Å². The molecular formula is C12H15FN2O4. The highest BCUT2D eigenvalue weighted by molar-refractivity contribution is 5.76. The molecule has 0 radical (unpaired) electrons. The van der Waals surface area contributed by atoms with Crippen molar-refractivity contribution in [3.63, 3.8) is 0 Å². The molecule has 0 aliphatic heterocycles. The van der Waals surface area contributed by atoms with Crippen LogP contribution in [0.15, 0.2) is 24.3 Å². The molecule has 0 bridgehead atoms. The third-order valence-corrected chi connectivity index (χ3v) is 2.35. The number of hydrogen-bond donors (Lipinski definition) is 4. The Bertz CT molecular complexity index is 436. The normalized spacial score (nSPS) is 11.7. The average Bonchev–Trinajstić information content (AvgIpc) is 2.38. The van der Waals surface area contributed by atoms with E-state index >= 15 is 0 Å². The van der Waals surface area contributed by atoms with Gasteiger partial charge in [0.15, 0.2) is 6.10 Å². The summed E-state index contributed by atoms with van der Waals surface area (Å²) in [6.45, 7) is -0.0433. The van der Waals surface area contributed by atoms with Gasteiger partial charge in [-0.1, -0.05) is 12.1 Å². The molecule has 6 nitrogen and oxygen atoms in total. The number of urea groups is 1. The van der Waals surface area contributed by atoms with Crippen LogP contribution in [0.1, 0.15) is 5.56 Å². The number of aliphatic hydroxyl groups excluding tert-OH is 1. The molecule has 4 N–H and O–H groups in total. The number of carbonyl (C=O) groups excluding carboxylic acids is 1. The van der Waals surface area contributed by atoms with E-state index in [0.29, 0.717) is 13.0 Å². The van der Waals surface area contributed by atoms with Gasteiger partial charge in [0.2, 0.25) is 0 Å². The van der Waals surface area contributed by atoms with Gasteiger partial charge in [-0.3, -0.25) is 0 Å². The monoisotopic (exact) mass is 270 g/mol. The molecule has 7 heteroatoms. The average molecular weight is 270 g/mol. The first kappa shape index (κ1) is 14.9. The molecule has 0 saturated heterocycles. The molecule has 1 aromatic rings. The zero-order valence-electron chi connectivity index (χ0n) is 10.1. The van der Waals surface area contributed by atoms with Gasteiger partial charge in [0.05, 0.1) is 6.54 Å². The number of carboxylic acid groups (broad SMARTS) is 1. The van der Waals surface area contributed by atoms with Crippen LogP contribution in [0.5, 0.6) is 0 Å². The summed E-state index contributed by atoms with van der Waals surface area (Å²) in [6.07, 6.45) is -1.10. The van der Waals surface area contributed by atoms with Gasteiger partial charge in [-0.05, 0) is 24.1 Å². The van der Waals surface area contributed by atoms with Crippen LogP contribution in [0.3, 0.4) is 0 Å². The maximum absolute atomic E-state index is 12.6. The Morgan fingerprint density at radius 1 is 1.21 bits per heavy atom. The standard InChI is InChI=1S/C12H15FN2O4/c13-9-3-1-8(2-4-9)5-6-14-12(19)15-7-10(16)11(17)18/h1-4,10,16H,5-7H2,(H,17,18)(H2,14,15,19)/t10-/m0/s1. The second-order valence-corrected chi connectivity index (χ2v) is 3.87. The molecule has 104 valence electrons. The third-order valence-electron chi connectivity index (χ3n) is 2.35. The van der Waals surface area contributed by atoms with Crippen LogP contribution in [-0.4, -0.2) is 41.4 Å². The SMILES string of the molecule is O=C(NCCc1ccc(F)cc1)NC[C@H](O)C(=O)O. The van der Waals surface area contributed by atoms with E-state index in [4.69, 9.17) is 10.2 Å². The van der Waals surface area contributed by atoms with Crippen molar-refractivity contribution in [1.29, 1.82) is 0 Å². The number of aliphatic hydroxyl groups is 1. The van der Waals surface area contributed by atoms with E-state index in [1.165, 1.54) is 12.1 Å². The van der Waals surface area contributed by atoms with Gasteiger partial charge in [-0.2, -0.15) is 0 Å². The number of aliphatic carboxylic acids is 1. The topological polar surface area (TPSA) is 98.7 Å². The van der Waals surface area contributed by atoms with Crippen molar-refractivity contribution in [3.8, 4) is 0 Å². The number of halogens is 1. The van der Waals surface area contributed by atoms with Crippen molar-refractivity contribution in [2.24, 2.45) is 0 Å². The molecule has 0 unspecified atom stereocenters. The molecule has 1 aromatic carbocycles. The Labute approximate surface area is 109 Å². The fourth-order valence-corrected chi connectivity index (χ4v) is 1.31. The number of carboxylic acids is 1. The highest BCUT2D eigenvalue weighted by atomic mass is 19.1. The van der Waals surface area contributed by atoms with Gasteiger partial charge < -0.3 is 20.8 Å². The predicted molar refractivity (Wildman–Crippen MR) is 65.1 cm³/mol. The third kappa shape index (κ3) is 5.82. The summed E-state index contributed by atoms with van der Waals surface area (Å²) in [5.74, 6) is -1.72. The van der Waals surface area contributed by atoms with E-state index in [1.54, 1.807) is 12.1 Å². The lowest BCUT2D eigenvalue weighted by Crippen LogP contribution is -2.42. The number of hydrogen-bond acceptors (Lipinski definition) is 3. The summed E-state index contributed by atoms with van der Waals surface area (Å²) in [5.41, 5.74) is 0.868. The fraction of sp³-hybridized carbons (Fsp3) is 0.333. The van der Waals surface area contributed by atoms with Crippen LogP contribution in [0.25, 0.3) is 0 Å². The van der Waals surface area contributed by atoms with Crippen LogP contribution < -0.4 is 10.6 Å². The molecule has 0 aliphatic rings. The lowest BCUT2D eigenvalue weighted by molar-refractivity contribution is -0.146. The van der Waals surface area contributed by atoms with Crippen LogP contribution >= 0.6 is 0 Å². The fourth-order valence-electron chi connectivity index (χ4n) is 1.31. The molecule has 19 heavy (non-hydrogen) atoms. The summed E-state index contributed by atoms with van der Waals surface area (Å²) in [6, 6.07) is 5.33. The minimum Gasteiger partial charge on any atom is -0.479 e. The first-order valence-corrected chi connectivity index (χ1v) is 5.66. The number of benzene rings is 1. The molecule has 0 saturated carbocycles. The Kier molecular flexibility index (Phi) is 5.74. The van der Waals surface area contributed by atoms with E-state index in [1.807, 2.05) is 0 Å². The molecule has 2 amide bonds. The Morgan fingerprint density at radius 2 is 1.84 bits per heavy atom. The molecule has 0 fully saturated rings. The summed E-state index contributed by atoms with van der Waals surface area (Å²) in [5, 5.41) is 22.0. The van der Waals surface area contributed by atoms with Gasteiger partial charge in [0.1, 0.15) is 5.82 Å². The Morgan fingerprint density at radius 3 is 2.42 bits per heavy atom. The lowest BCUT2D eigenvalue weighted by atomic mass is 10.1. The first-order chi connectivity index (χ1) is 8.99. The summed E-state index contributed by atoms with van der Waals surface area (Å²) >= 11 is 0. The van der Waals surface area contributed by atoms with Crippen molar-refractivity contribution >= 4 is 12.0 Å². The van der Waals surface area contributed by atoms with Crippen molar-refractivity contribution in [2.75, 3.05) is 13.1 Å². The van der Waals surface area contributed by atoms with E-state index in [-0.39, 0.29) is 12.4 Å². The zero-order chi connectivity index (χ0) is 14.3. The van der Waals surface area contributed by atoms with E-state index < -0.39 is 18.1 Å². The van der Waals surface area contributed by atoms with Gasteiger partial charge >= 0.3 is 12.0 Å². The summed E-state index contributed by atoms with van der Waals surface area (Å²) in [4.78, 5) is 21.5. The summed E-state index contributed by atoms with van der Waals surface area (Å²) < 4.78 is 12.6. The summed E-state index contributed by atoms with van der Waals surface area (Å²) in [7, 11) is 0. The lowest BCUT2D eigenvalue weighted by Gasteiger charge is -2.09. The highest BCUT2D eigenvalue weighted by Crippen LogP contribution is 2.02. The number of nitrogens with one attached hydrogen (secondary N) is 2. The molecule has 1 rings (SSSR count). The van der Waals surface area contributed by atoms with Gasteiger partial charge in [0.25, 0.3) is 0 Å². The van der Waals surface area contributed by atoms with E-state index in [0.717, 1.165) is 5.56 Å². The molecule has 0 heterocycles. The minimum atomic E-state index is -1.62. The maximum atomic E-state index is 12.6. The second kappa shape index (κ2) is 7.32. The van der Waals surface area contributed by atoms with E-state index in [9.17, 15) is 14.0 Å². The van der Waals surface area contributed by atoms with Crippen molar-refractivity contribution < 1.29 is 24.2 Å². The Hall–Kier alpha value is -2.15. The largest absolute Gasteiger partial charge is 0.479 e. The highest BCUT2D eigenvalue weighted by Gasteiger charge is 2.13. The van der Waals surface area contributed by atoms with Gasteiger partial charge in [-0.25, -0.2) is 14.0 Å². The quantitative estimate of drug-likeness (QED) is 0.589. The molecule has 1 atom stereocenters. The second-order valence-electron chi connectivity index (χ2n) is 3.87. The predicted octanol–water partition coefficient (Wildman–Crippen LogP) is 0.113. The van der Waals surface area contributed by atoms with Crippen molar-refractivity contribution in [3.05, 3.63) is 35.6 Å². The number of carbonyl (C=O) groups is 2. The van der Waals surface area contributed by atoms with Crippen molar-refractivity contribution in [1.82, 2.24) is 10.6 Å². The van der Waals surface area contributed by atoms with Crippen LogP contribution in [0, 0.1) is 5.82 Å². The zero-order valence-corrected chi connectivity index (χ0v) is 10.1. The van der Waals surface area contributed by atoms with E-state index in [2.05, 4.69) is 10.6 Å². The maximum Gasteiger partial charge on any atom is 0.334 e. The Balaban J connectivity index is 2.20. The molecule has 0 spiro atoms. The van der Waals surface area contributed by atoms with Crippen LogP contribution in [0.4, 0.5) is 9.18 Å². The minimum absolute atomic E-state index is 0.320. The van der Waals surface area contributed by atoms with Crippen LogP contribution in [0.2, 0.25) is 0 Å². The molecule has 0 aliphatic carbocycles. The smallest absolute Gasteiger partial charge is 0.334 e. The number of rotatable bonds is 6. The molecule has 0 aromatic heterocycles. The number of amides is 2. The van der Waals surface area contributed by atoms with Crippen molar-refractivity contribution in [2.45, 2.75) is 12.5 Å². The first-order valence-electron chi connectivity index (χ1n) is 5.66. The van der Waals surface area contributed by atoms with Gasteiger partial charge in [-0.15, -0.1) is 0 Å². The molecular weight excluding hydrogens is 255 g/mol. The van der Waals surface area contributed by atoms with Gasteiger partial charge in [0, 0.05) is 6.54 Å².